The Labute approximate surface area is 181 Å². The van der Waals surface area contributed by atoms with Gasteiger partial charge in [-0.2, -0.15) is 0 Å². The van der Waals surface area contributed by atoms with E-state index in [1.165, 1.54) is 10.9 Å². The van der Waals surface area contributed by atoms with E-state index in [9.17, 15) is 14.7 Å². The van der Waals surface area contributed by atoms with Gasteiger partial charge in [-0.25, -0.2) is 4.90 Å². The second-order valence-electron chi connectivity index (χ2n) is 7.53. The molecule has 0 unspecified atom stereocenters. The van der Waals surface area contributed by atoms with Gasteiger partial charge in [-0.15, -0.1) is 15.0 Å². The number of anilines is 2. The molecule has 4 aromatic carbocycles. The monoisotopic (exact) mass is 421 g/mol. The number of hydrogen-bond acceptors (Lipinski definition) is 6. The molecule has 2 amide bonds. The van der Waals surface area contributed by atoms with Crippen LogP contribution in [0.15, 0.2) is 72.8 Å². The second-order valence-corrected chi connectivity index (χ2v) is 7.53. The van der Waals surface area contributed by atoms with Crippen LogP contribution in [0.2, 0.25) is 0 Å². The number of benzene rings is 4. The maximum atomic E-state index is 13.3. The van der Waals surface area contributed by atoms with E-state index in [1.807, 2.05) is 24.3 Å². The summed E-state index contributed by atoms with van der Waals surface area (Å²) in [4.78, 5) is 28.9. The van der Waals surface area contributed by atoms with Crippen molar-refractivity contribution in [3.63, 3.8) is 0 Å². The second kappa shape index (κ2) is 6.39. The van der Waals surface area contributed by atoms with Crippen molar-refractivity contribution in [1.29, 1.82) is 0 Å². The van der Waals surface area contributed by atoms with E-state index < -0.39 is 11.8 Å². The van der Waals surface area contributed by atoms with E-state index in [1.54, 1.807) is 42.5 Å². The summed E-state index contributed by atoms with van der Waals surface area (Å²) < 4.78 is 0. The Morgan fingerprint density at radius 2 is 1.47 bits per heavy atom. The van der Waals surface area contributed by atoms with E-state index in [4.69, 9.17) is 5.73 Å². The van der Waals surface area contributed by atoms with Crippen LogP contribution in [0.4, 0.5) is 11.4 Å². The molecule has 32 heavy (non-hydrogen) atoms. The molecular weight excluding hydrogens is 406 g/mol. The van der Waals surface area contributed by atoms with Crippen LogP contribution in [-0.2, 0) is 0 Å². The van der Waals surface area contributed by atoms with Crippen LogP contribution in [-0.4, -0.2) is 31.9 Å². The zero-order valence-electron chi connectivity index (χ0n) is 16.6. The first kappa shape index (κ1) is 18.1. The number of phenols is 1. The molecule has 5 aromatic rings. The van der Waals surface area contributed by atoms with Crippen molar-refractivity contribution in [1.82, 2.24) is 15.0 Å². The van der Waals surface area contributed by atoms with Crippen LogP contribution in [0.3, 0.4) is 0 Å². The molecule has 8 nitrogen and oxygen atoms in total. The third-order valence-corrected chi connectivity index (χ3v) is 5.66. The van der Waals surface area contributed by atoms with E-state index in [0.29, 0.717) is 44.3 Å². The number of aromatic hydroxyl groups is 1. The lowest BCUT2D eigenvalue weighted by Gasteiger charge is -2.27. The van der Waals surface area contributed by atoms with E-state index >= 15 is 0 Å². The van der Waals surface area contributed by atoms with E-state index in [-0.39, 0.29) is 11.4 Å². The van der Waals surface area contributed by atoms with Gasteiger partial charge in [0.05, 0.1) is 5.69 Å². The minimum atomic E-state index is -0.478. The molecule has 0 aliphatic carbocycles. The first-order valence-corrected chi connectivity index (χ1v) is 9.88. The highest BCUT2D eigenvalue weighted by molar-refractivity contribution is 6.36. The van der Waals surface area contributed by atoms with Crippen LogP contribution in [0.25, 0.3) is 27.5 Å². The minimum absolute atomic E-state index is 0.162. The lowest BCUT2D eigenvalue weighted by atomic mass is 9.93. The number of nitrogens with two attached hydrogens (primary N) is 1. The molecule has 1 aliphatic heterocycles. The summed E-state index contributed by atoms with van der Waals surface area (Å²) in [5.74, 6) is -1.12. The fourth-order valence-electron chi connectivity index (χ4n) is 4.14. The Kier molecular flexibility index (Phi) is 3.61. The molecule has 1 aliphatic rings. The molecular formula is C24H15N5O3. The smallest absolute Gasteiger partial charge is 0.265 e. The Bertz CT molecular complexity index is 1550. The van der Waals surface area contributed by atoms with Crippen LogP contribution in [0.1, 0.15) is 20.7 Å². The molecule has 0 saturated carbocycles. The van der Waals surface area contributed by atoms with E-state index in [2.05, 4.69) is 10.2 Å². The lowest BCUT2D eigenvalue weighted by molar-refractivity contribution is 0.0893. The van der Waals surface area contributed by atoms with Gasteiger partial charge in [-0.3, -0.25) is 9.59 Å². The molecule has 2 heterocycles. The van der Waals surface area contributed by atoms with E-state index in [0.717, 1.165) is 4.90 Å². The third-order valence-electron chi connectivity index (χ3n) is 5.66. The molecule has 0 saturated heterocycles. The Morgan fingerprint density at radius 3 is 2.16 bits per heavy atom. The molecule has 1 aromatic heterocycles. The number of hydrogen-bond donors (Lipinski definition) is 2. The van der Waals surface area contributed by atoms with Crippen molar-refractivity contribution in [2.45, 2.75) is 0 Å². The van der Waals surface area contributed by atoms with Gasteiger partial charge >= 0.3 is 0 Å². The van der Waals surface area contributed by atoms with Crippen LogP contribution >= 0.6 is 0 Å². The molecule has 6 rings (SSSR count). The highest BCUT2D eigenvalue weighted by Gasteiger charge is 2.34. The molecule has 8 heteroatoms. The summed E-state index contributed by atoms with van der Waals surface area (Å²) in [7, 11) is 0. The van der Waals surface area contributed by atoms with Gasteiger partial charge in [0.15, 0.2) is 0 Å². The van der Waals surface area contributed by atoms with Crippen LogP contribution in [0.5, 0.6) is 5.75 Å². The van der Waals surface area contributed by atoms with Gasteiger partial charge in [0.25, 0.3) is 11.8 Å². The number of phenolic OH excluding ortho intramolecular Hbond substituents is 1. The lowest BCUT2D eigenvalue weighted by Crippen LogP contribution is -2.40. The first-order chi connectivity index (χ1) is 15.5. The topological polar surface area (TPSA) is 114 Å². The number of carbonyl (C=O) groups excluding carboxylic acids is 2. The maximum absolute atomic E-state index is 13.3. The van der Waals surface area contributed by atoms with Gasteiger partial charge in [0.1, 0.15) is 22.5 Å². The van der Waals surface area contributed by atoms with Crippen molar-refractivity contribution in [3.05, 3.63) is 83.9 Å². The number of fused-ring (bicyclic) bond motifs is 1. The molecule has 154 valence electrons. The molecule has 0 bridgehead atoms. The van der Waals surface area contributed by atoms with Crippen molar-refractivity contribution in [2.24, 2.45) is 0 Å². The predicted octanol–water partition coefficient (Wildman–Crippen LogP) is 3.66. The van der Waals surface area contributed by atoms with Crippen molar-refractivity contribution < 1.29 is 14.7 Å². The fraction of sp³-hybridized carbons (Fsp3) is 0. The highest BCUT2D eigenvalue weighted by Crippen LogP contribution is 2.36. The van der Waals surface area contributed by atoms with Gasteiger partial charge < -0.3 is 10.8 Å². The normalized spacial score (nSPS) is 13.3. The first-order valence-electron chi connectivity index (χ1n) is 9.88. The summed E-state index contributed by atoms with van der Waals surface area (Å²) in [5.41, 5.74) is 9.25. The largest absolute Gasteiger partial charge is 0.506 e. The Balaban J connectivity index is 1.46. The average molecular weight is 421 g/mol. The highest BCUT2D eigenvalue weighted by atomic mass is 16.3. The van der Waals surface area contributed by atoms with Gasteiger partial charge in [0, 0.05) is 33.7 Å². The van der Waals surface area contributed by atoms with Crippen LogP contribution in [0, 0.1) is 0 Å². The maximum Gasteiger partial charge on any atom is 0.265 e. The van der Waals surface area contributed by atoms with Crippen LogP contribution < -0.4 is 10.6 Å². The summed E-state index contributed by atoms with van der Waals surface area (Å²) in [5, 5.41) is 20.6. The van der Waals surface area contributed by atoms with Gasteiger partial charge in [-0.05, 0) is 42.5 Å². The predicted molar refractivity (Wildman–Crippen MR) is 120 cm³/mol. The number of amides is 2. The zero-order chi connectivity index (χ0) is 22.0. The molecule has 0 atom stereocenters. The van der Waals surface area contributed by atoms with Crippen molar-refractivity contribution in [3.8, 4) is 11.4 Å². The summed E-state index contributed by atoms with van der Waals surface area (Å²) in [6, 6.07) is 20.3. The molecule has 0 radical (unpaired) electrons. The number of imide groups is 1. The fourth-order valence-corrected chi connectivity index (χ4v) is 4.14. The summed E-state index contributed by atoms with van der Waals surface area (Å²) in [6.45, 7) is 0. The average Bonchev–Trinajstić information content (AvgIpc) is 3.22. The number of nitrogens with zero attached hydrogens (tertiary/aromatic N) is 4. The summed E-state index contributed by atoms with van der Waals surface area (Å²) in [6.07, 6.45) is 0. The van der Waals surface area contributed by atoms with Gasteiger partial charge in [-0.1, -0.05) is 24.3 Å². The molecule has 3 N–H and O–H groups in total. The zero-order valence-corrected chi connectivity index (χ0v) is 16.6. The third kappa shape index (κ3) is 2.43. The van der Waals surface area contributed by atoms with Crippen molar-refractivity contribution >= 4 is 45.0 Å². The SMILES string of the molecule is Nc1ccc2c3c(cccc13)C(=O)N(c1ccc(-n3nc4ccccc4n3)c(O)c1)C2=O. The van der Waals surface area contributed by atoms with Gasteiger partial charge in [0.2, 0.25) is 0 Å². The Hall–Kier alpha value is -4.72. The number of carbonyl (C=O) groups is 2. The Morgan fingerprint density at radius 1 is 0.781 bits per heavy atom. The standard InChI is InChI=1S/C24H15N5O3/c25-17-10-9-16-22-14(17)4-3-5-15(22)23(31)28(24(16)32)13-8-11-20(21(30)12-13)29-26-18-6-1-2-7-19(18)27-29/h1-12,30H,25H2. The van der Waals surface area contributed by atoms with Crippen molar-refractivity contribution in [2.75, 3.05) is 10.6 Å². The quantitative estimate of drug-likeness (QED) is 0.332. The minimum Gasteiger partial charge on any atom is -0.506 e. The molecule has 0 fully saturated rings. The number of aromatic nitrogens is 3. The number of rotatable bonds is 2. The summed E-state index contributed by atoms with van der Waals surface area (Å²) >= 11 is 0. The molecule has 0 spiro atoms. The number of nitrogen functional groups attached to an aromatic ring is 1.